The van der Waals surface area contributed by atoms with Crippen LogP contribution in [0.1, 0.15) is 51.5 Å². The lowest BCUT2D eigenvalue weighted by Crippen LogP contribution is -2.11. The van der Waals surface area contributed by atoms with Gasteiger partial charge in [0.15, 0.2) is 0 Å². The second-order valence-corrected chi connectivity index (χ2v) is 5.20. The third-order valence-electron chi connectivity index (χ3n) is 3.13. The molecule has 0 atom stereocenters. The van der Waals surface area contributed by atoms with Crippen molar-refractivity contribution in [2.24, 2.45) is 0 Å². The minimum Gasteiger partial charge on any atom is -0.325 e. The van der Waals surface area contributed by atoms with Gasteiger partial charge in [0, 0.05) is 19.3 Å². The molecule has 0 spiro atoms. The van der Waals surface area contributed by atoms with Crippen molar-refractivity contribution in [2.75, 3.05) is 5.32 Å². The van der Waals surface area contributed by atoms with E-state index in [9.17, 15) is 9.59 Å². The normalized spacial score (nSPS) is 10.3. The van der Waals surface area contributed by atoms with E-state index in [2.05, 4.69) is 5.32 Å². The summed E-state index contributed by atoms with van der Waals surface area (Å²) in [6, 6.07) is 5.62. The van der Waals surface area contributed by atoms with Crippen molar-refractivity contribution in [1.29, 1.82) is 0 Å². The molecule has 0 aromatic heterocycles. The highest BCUT2D eigenvalue weighted by Gasteiger charge is 2.09. The second-order valence-electron chi connectivity index (χ2n) is 4.82. The Morgan fingerprint density at radius 2 is 1.95 bits per heavy atom. The molecule has 0 aliphatic carbocycles. The van der Waals surface area contributed by atoms with Crippen molar-refractivity contribution in [3.05, 3.63) is 28.8 Å². The zero-order valence-electron chi connectivity index (χ0n) is 12.2. The van der Waals surface area contributed by atoms with Crippen molar-refractivity contribution in [1.82, 2.24) is 0 Å². The fourth-order valence-electron chi connectivity index (χ4n) is 1.96. The fraction of sp³-hybridized carbons (Fsp3) is 0.500. The standard InChI is InChI=1S/C16H22ClNO2/c1-3-7-15(20)18-14-11-6-9-12(16(14)17)8-5-10-13(19)4-2/h6,9,11H,3-5,7-8,10H2,1-2H3,(H,18,20). The van der Waals surface area contributed by atoms with Gasteiger partial charge in [-0.15, -0.1) is 0 Å². The van der Waals surface area contributed by atoms with E-state index in [0.717, 1.165) is 24.8 Å². The molecule has 0 saturated heterocycles. The third kappa shape index (κ3) is 5.33. The maximum absolute atomic E-state index is 11.6. The van der Waals surface area contributed by atoms with E-state index in [-0.39, 0.29) is 11.7 Å². The Hall–Kier alpha value is -1.35. The molecular formula is C16H22ClNO2. The van der Waals surface area contributed by atoms with Crippen LogP contribution in [0.25, 0.3) is 0 Å². The molecule has 1 amide bonds. The summed E-state index contributed by atoms with van der Waals surface area (Å²) in [5.41, 5.74) is 1.63. The van der Waals surface area contributed by atoms with Crippen LogP contribution in [0.3, 0.4) is 0 Å². The molecule has 20 heavy (non-hydrogen) atoms. The fourth-order valence-corrected chi connectivity index (χ4v) is 2.23. The number of nitrogens with one attached hydrogen (secondary N) is 1. The summed E-state index contributed by atoms with van der Waals surface area (Å²) in [7, 11) is 0. The first kappa shape index (κ1) is 16.7. The summed E-state index contributed by atoms with van der Waals surface area (Å²) in [4.78, 5) is 22.9. The van der Waals surface area contributed by atoms with Crippen molar-refractivity contribution in [3.8, 4) is 0 Å². The molecule has 0 radical (unpaired) electrons. The van der Waals surface area contributed by atoms with Crippen molar-refractivity contribution >= 4 is 29.0 Å². The Morgan fingerprint density at radius 3 is 2.60 bits per heavy atom. The van der Waals surface area contributed by atoms with Gasteiger partial charge < -0.3 is 5.32 Å². The topological polar surface area (TPSA) is 46.2 Å². The van der Waals surface area contributed by atoms with E-state index in [0.29, 0.717) is 30.0 Å². The summed E-state index contributed by atoms with van der Waals surface area (Å²) in [6.07, 6.45) is 4.01. The Labute approximate surface area is 125 Å². The van der Waals surface area contributed by atoms with Gasteiger partial charge >= 0.3 is 0 Å². The van der Waals surface area contributed by atoms with Crippen molar-refractivity contribution in [2.45, 2.75) is 52.4 Å². The number of hydrogen-bond donors (Lipinski definition) is 1. The van der Waals surface area contributed by atoms with Crippen LogP contribution in [0.15, 0.2) is 18.2 Å². The lowest BCUT2D eigenvalue weighted by molar-refractivity contribution is -0.119. The Kier molecular flexibility index (Phi) is 7.31. The van der Waals surface area contributed by atoms with Gasteiger partial charge in [0.2, 0.25) is 5.91 Å². The number of aryl methyl sites for hydroxylation is 1. The zero-order chi connectivity index (χ0) is 15.0. The molecular weight excluding hydrogens is 274 g/mol. The number of ketones is 1. The largest absolute Gasteiger partial charge is 0.325 e. The summed E-state index contributed by atoms with van der Waals surface area (Å²) < 4.78 is 0. The average Bonchev–Trinajstić information content (AvgIpc) is 2.43. The first-order valence-corrected chi connectivity index (χ1v) is 7.55. The number of carbonyl (C=O) groups excluding carboxylic acids is 2. The number of Topliss-reactive ketones (excluding diaryl/α,β-unsaturated/α-hetero) is 1. The second kappa shape index (κ2) is 8.75. The maximum Gasteiger partial charge on any atom is 0.224 e. The summed E-state index contributed by atoms with van der Waals surface area (Å²) in [6.45, 7) is 3.83. The van der Waals surface area contributed by atoms with Gasteiger partial charge in [-0.2, -0.15) is 0 Å². The van der Waals surface area contributed by atoms with Gasteiger partial charge in [0.25, 0.3) is 0 Å². The van der Waals surface area contributed by atoms with E-state index < -0.39 is 0 Å². The van der Waals surface area contributed by atoms with Crippen LogP contribution in [-0.2, 0) is 16.0 Å². The average molecular weight is 296 g/mol. The molecule has 0 heterocycles. The molecule has 0 unspecified atom stereocenters. The SMILES string of the molecule is CCCC(=O)Nc1cccc(CCCC(=O)CC)c1Cl. The van der Waals surface area contributed by atoms with E-state index >= 15 is 0 Å². The smallest absolute Gasteiger partial charge is 0.224 e. The number of halogens is 1. The van der Waals surface area contributed by atoms with Gasteiger partial charge in [-0.05, 0) is 30.9 Å². The molecule has 3 nitrogen and oxygen atoms in total. The molecule has 1 N–H and O–H groups in total. The Balaban J connectivity index is 2.64. The van der Waals surface area contributed by atoms with Crippen LogP contribution in [-0.4, -0.2) is 11.7 Å². The monoisotopic (exact) mass is 295 g/mol. The maximum atomic E-state index is 11.6. The quantitative estimate of drug-likeness (QED) is 0.773. The van der Waals surface area contributed by atoms with Crippen molar-refractivity contribution < 1.29 is 9.59 Å². The van der Waals surface area contributed by atoms with Crippen molar-refractivity contribution in [3.63, 3.8) is 0 Å². The summed E-state index contributed by atoms with van der Waals surface area (Å²) in [5.74, 6) is 0.251. The molecule has 0 aliphatic heterocycles. The third-order valence-corrected chi connectivity index (χ3v) is 3.57. The van der Waals surface area contributed by atoms with Crippen LogP contribution in [0.5, 0.6) is 0 Å². The molecule has 0 aliphatic rings. The predicted molar refractivity (Wildman–Crippen MR) is 83.2 cm³/mol. The lowest BCUT2D eigenvalue weighted by Gasteiger charge is -2.10. The van der Waals surface area contributed by atoms with Gasteiger partial charge in [0.1, 0.15) is 5.78 Å². The van der Waals surface area contributed by atoms with Crippen LogP contribution in [0.4, 0.5) is 5.69 Å². The Morgan fingerprint density at radius 1 is 1.20 bits per heavy atom. The minimum absolute atomic E-state index is 0.0206. The number of amides is 1. The van der Waals surface area contributed by atoms with Gasteiger partial charge in [0.05, 0.1) is 10.7 Å². The number of benzene rings is 1. The molecule has 0 bridgehead atoms. The summed E-state index contributed by atoms with van der Waals surface area (Å²) in [5, 5.41) is 3.41. The first-order chi connectivity index (χ1) is 9.58. The van der Waals surface area contributed by atoms with E-state index in [1.54, 1.807) is 6.07 Å². The Bertz CT molecular complexity index is 472. The highest BCUT2D eigenvalue weighted by molar-refractivity contribution is 6.34. The number of rotatable bonds is 8. The van der Waals surface area contributed by atoms with Gasteiger partial charge in [-0.25, -0.2) is 0 Å². The van der Waals surface area contributed by atoms with Gasteiger partial charge in [-0.1, -0.05) is 37.6 Å². The molecule has 4 heteroatoms. The van der Waals surface area contributed by atoms with E-state index in [1.807, 2.05) is 26.0 Å². The number of anilines is 1. The number of hydrogen-bond acceptors (Lipinski definition) is 2. The van der Waals surface area contributed by atoms with Crippen LogP contribution >= 0.6 is 11.6 Å². The molecule has 1 aromatic carbocycles. The van der Waals surface area contributed by atoms with E-state index in [4.69, 9.17) is 11.6 Å². The highest BCUT2D eigenvalue weighted by atomic mass is 35.5. The predicted octanol–water partition coefficient (Wildman–Crippen LogP) is 4.38. The summed E-state index contributed by atoms with van der Waals surface area (Å²) >= 11 is 6.30. The molecule has 0 fully saturated rings. The first-order valence-electron chi connectivity index (χ1n) is 7.17. The molecule has 110 valence electrons. The lowest BCUT2D eigenvalue weighted by atomic mass is 10.0. The minimum atomic E-state index is -0.0206. The van der Waals surface area contributed by atoms with Crippen LogP contribution in [0.2, 0.25) is 5.02 Å². The zero-order valence-corrected chi connectivity index (χ0v) is 12.9. The highest BCUT2D eigenvalue weighted by Crippen LogP contribution is 2.27. The van der Waals surface area contributed by atoms with Gasteiger partial charge in [-0.3, -0.25) is 9.59 Å². The van der Waals surface area contributed by atoms with E-state index in [1.165, 1.54) is 0 Å². The molecule has 1 rings (SSSR count). The van der Waals surface area contributed by atoms with Crippen LogP contribution in [0, 0.1) is 0 Å². The molecule has 1 aromatic rings. The number of carbonyl (C=O) groups is 2. The molecule has 0 saturated carbocycles. The van der Waals surface area contributed by atoms with Crippen LogP contribution < -0.4 is 5.32 Å².